The van der Waals surface area contributed by atoms with E-state index >= 15 is 0 Å². The van der Waals surface area contributed by atoms with E-state index in [0.29, 0.717) is 12.6 Å². The third-order valence-corrected chi connectivity index (χ3v) is 3.33. The van der Waals surface area contributed by atoms with Gasteiger partial charge in [0.25, 0.3) is 0 Å². The van der Waals surface area contributed by atoms with Gasteiger partial charge in [0.05, 0.1) is 7.11 Å². The summed E-state index contributed by atoms with van der Waals surface area (Å²) in [6.07, 6.45) is 3.54. The second kappa shape index (κ2) is 6.62. The summed E-state index contributed by atoms with van der Waals surface area (Å²) in [5.74, 6) is 1.58. The number of hydrogen-bond donors (Lipinski definition) is 1. The average molecular weight is 261 g/mol. The van der Waals surface area contributed by atoms with E-state index in [-0.39, 0.29) is 0 Å². The number of rotatable bonds is 8. The van der Waals surface area contributed by atoms with Crippen molar-refractivity contribution in [3.05, 3.63) is 35.9 Å². The molecule has 1 aromatic rings. The van der Waals surface area contributed by atoms with Crippen LogP contribution >= 0.6 is 0 Å². The quantitative estimate of drug-likeness (QED) is 0.728. The van der Waals surface area contributed by atoms with Crippen molar-refractivity contribution in [2.45, 2.75) is 38.8 Å². The summed E-state index contributed by atoms with van der Waals surface area (Å²) >= 11 is 0. The maximum absolute atomic E-state index is 5.79. The van der Waals surface area contributed by atoms with Crippen LogP contribution in [0.25, 0.3) is 0 Å². The Labute approximate surface area is 115 Å². The average Bonchev–Trinajstić information content (AvgIpc) is 3.26. The van der Waals surface area contributed by atoms with Crippen molar-refractivity contribution in [1.82, 2.24) is 5.32 Å². The molecule has 0 aliphatic heterocycles. The number of methoxy groups -OCH3 is 1. The molecule has 0 spiro atoms. The van der Waals surface area contributed by atoms with Gasteiger partial charge >= 0.3 is 0 Å². The van der Waals surface area contributed by atoms with E-state index in [1.165, 1.54) is 18.4 Å². The second-order valence-corrected chi connectivity index (χ2v) is 5.03. The van der Waals surface area contributed by atoms with E-state index in [2.05, 4.69) is 31.0 Å². The monoisotopic (exact) mass is 261 g/mol. The van der Waals surface area contributed by atoms with Crippen molar-refractivity contribution in [1.29, 1.82) is 0 Å². The predicted octanol–water partition coefficient (Wildman–Crippen LogP) is 3.29. The third-order valence-electron chi connectivity index (χ3n) is 3.33. The van der Waals surface area contributed by atoms with Crippen LogP contribution in [0.3, 0.4) is 0 Å². The molecule has 0 atom stereocenters. The van der Waals surface area contributed by atoms with Gasteiger partial charge in [-0.15, -0.1) is 0 Å². The van der Waals surface area contributed by atoms with Crippen LogP contribution in [0.4, 0.5) is 0 Å². The molecule has 3 heteroatoms. The highest BCUT2D eigenvalue weighted by atomic mass is 16.5. The molecule has 0 unspecified atom stereocenters. The Morgan fingerprint density at radius 3 is 2.79 bits per heavy atom. The van der Waals surface area contributed by atoms with Gasteiger partial charge in [-0.05, 0) is 42.5 Å². The molecule has 1 fully saturated rings. The van der Waals surface area contributed by atoms with E-state index in [9.17, 15) is 0 Å². The van der Waals surface area contributed by atoms with Crippen LogP contribution in [-0.2, 0) is 6.54 Å². The summed E-state index contributed by atoms with van der Waals surface area (Å²) in [4.78, 5) is 0. The molecule has 1 aromatic carbocycles. The van der Waals surface area contributed by atoms with Crippen LogP contribution in [-0.4, -0.2) is 19.8 Å². The highest BCUT2D eigenvalue weighted by molar-refractivity contribution is 5.43. The number of ether oxygens (including phenoxy) is 2. The third kappa shape index (κ3) is 4.28. The van der Waals surface area contributed by atoms with Crippen LogP contribution in [0, 0.1) is 0 Å². The fourth-order valence-electron chi connectivity index (χ4n) is 1.78. The number of benzene rings is 1. The van der Waals surface area contributed by atoms with E-state index in [0.717, 1.165) is 30.0 Å². The van der Waals surface area contributed by atoms with Gasteiger partial charge in [-0.2, -0.15) is 0 Å². The van der Waals surface area contributed by atoms with Gasteiger partial charge in [0.15, 0.2) is 11.5 Å². The summed E-state index contributed by atoms with van der Waals surface area (Å²) < 4.78 is 11.1. The van der Waals surface area contributed by atoms with Gasteiger partial charge in [-0.3, -0.25) is 0 Å². The Morgan fingerprint density at radius 1 is 1.37 bits per heavy atom. The summed E-state index contributed by atoms with van der Waals surface area (Å²) in [6, 6.07) is 6.81. The van der Waals surface area contributed by atoms with E-state index in [4.69, 9.17) is 9.47 Å². The lowest BCUT2D eigenvalue weighted by molar-refractivity contribution is 0.317. The van der Waals surface area contributed by atoms with E-state index < -0.39 is 0 Å². The zero-order chi connectivity index (χ0) is 13.7. The number of hydrogen-bond acceptors (Lipinski definition) is 3. The molecule has 2 rings (SSSR count). The molecule has 1 saturated carbocycles. The molecule has 0 amide bonds. The van der Waals surface area contributed by atoms with Crippen LogP contribution in [0.2, 0.25) is 0 Å². The highest BCUT2D eigenvalue weighted by Crippen LogP contribution is 2.29. The van der Waals surface area contributed by atoms with Crippen molar-refractivity contribution in [2.75, 3.05) is 13.7 Å². The first-order chi connectivity index (χ1) is 9.22. The summed E-state index contributed by atoms with van der Waals surface area (Å²) in [7, 11) is 1.67. The Balaban J connectivity index is 1.99. The van der Waals surface area contributed by atoms with Crippen molar-refractivity contribution < 1.29 is 9.47 Å². The Hall–Kier alpha value is -1.48. The van der Waals surface area contributed by atoms with Gasteiger partial charge < -0.3 is 14.8 Å². The Morgan fingerprint density at radius 2 is 2.16 bits per heavy atom. The van der Waals surface area contributed by atoms with Gasteiger partial charge in [0.1, 0.15) is 6.61 Å². The fourth-order valence-corrected chi connectivity index (χ4v) is 1.78. The smallest absolute Gasteiger partial charge is 0.161 e. The maximum Gasteiger partial charge on any atom is 0.161 e. The standard InChI is InChI=1S/C16H23NO2/c1-4-12(2)11-19-16-9-13(5-8-15(16)18-3)10-17-14-6-7-14/h5,8-9,14,17H,2,4,6-7,10-11H2,1,3H3. The Kier molecular flexibility index (Phi) is 4.86. The topological polar surface area (TPSA) is 30.5 Å². The van der Waals surface area contributed by atoms with Crippen LogP contribution < -0.4 is 14.8 Å². The molecule has 0 bridgehead atoms. The van der Waals surface area contributed by atoms with Gasteiger partial charge in [-0.25, -0.2) is 0 Å². The lowest BCUT2D eigenvalue weighted by Crippen LogP contribution is -2.15. The first-order valence-electron chi connectivity index (χ1n) is 6.92. The minimum absolute atomic E-state index is 0.548. The first-order valence-corrected chi connectivity index (χ1v) is 6.92. The van der Waals surface area contributed by atoms with Crippen LogP contribution in [0.15, 0.2) is 30.4 Å². The van der Waals surface area contributed by atoms with E-state index in [1.54, 1.807) is 7.11 Å². The SMILES string of the molecule is C=C(CC)COc1cc(CNC2CC2)ccc1OC. The molecule has 1 N–H and O–H groups in total. The molecule has 1 aliphatic rings. The highest BCUT2D eigenvalue weighted by Gasteiger charge is 2.20. The largest absolute Gasteiger partial charge is 0.493 e. The Bertz CT molecular complexity index is 438. The normalized spacial score (nSPS) is 14.2. The zero-order valence-electron chi connectivity index (χ0n) is 11.9. The lowest BCUT2D eigenvalue weighted by Gasteiger charge is -2.13. The van der Waals surface area contributed by atoms with Crippen LogP contribution in [0.5, 0.6) is 11.5 Å². The molecule has 0 radical (unpaired) electrons. The summed E-state index contributed by atoms with van der Waals surface area (Å²) in [5, 5.41) is 3.50. The molecular weight excluding hydrogens is 238 g/mol. The molecule has 1 aliphatic carbocycles. The molecule has 19 heavy (non-hydrogen) atoms. The van der Waals surface area contributed by atoms with Crippen molar-refractivity contribution in [3.63, 3.8) is 0 Å². The predicted molar refractivity (Wildman–Crippen MR) is 77.8 cm³/mol. The summed E-state index contributed by atoms with van der Waals surface area (Å²) in [5.41, 5.74) is 2.31. The molecule has 3 nitrogen and oxygen atoms in total. The van der Waals surface area contributed by atoms with Crippen molar-refractivity contribution >= 4 is 0 Å². The number of nitrogens with one attached hydrogen (secondary N) is 1. The molecule has 0 aromatic heterocycles. The zero-order valence-corrected chi connectivity index (χ0v) is 11.9. The van der Waals surface area contributed by atoms with Gasteiger partial charge in [0, 0.05) is 12.6 Å². The molecule has 104 valence electrons. The first kappa shape index (κ1) is 13.9. The lowest BCUT2D eigenvalue weighted by atomic mass is 10.2. The van der Waals surface area contributed by atoms with E-state index in [1.807, 2.05) is 6.07 Å². The second-order valence-electron chi connectivity index (χ2n) is 5.03. The van der Waals surface area contributed by atoms with Crippen molar-refractivity contribution in [3.8, 4) is 11.5 Å². The maximum atomic E-state index is 5.79. The van der Waals surface area contributed by atoms with Crippen molar-refractivity contribution in [2.24, 2.45) is 0 Å². The molecule has 0 saturated heterocycles. The van der Waals surface area contributed by atoms with Gasteiger partial charge in [0.2, 0.25) is 0 Å². The summed E-state index contributed by atoms with van der Waals surface area (Å²) in [6.45, 7) is 7.47. The van der Waals surface area contributed by atoms with Crippen LogP contribution in [0.1, 0.15) is 31.7 Å². The fraction of sp³-hybridized carbons (Fsp3) is 0.500. The van der Waals surface area contributed by atoms with Gasteiger partial charge in [-0.1, -0.05) is 19.6 Å². The molecule has 0 heterocycles. The minimum atomic E-state index is 0.548. The molecular formula is C16H23NO2. The minimum Gasteiger partial charge on any atom is -0.493 e.